The van der Waals surface area contributed by atoms with Crippen molar-refractivity contribution >= 4 is 11.9 Å². The fourth-order valence-electron chi connectivity index (χ4n) is 0.931. The van der Waals surface area contributed by atoms with E-state index in [9.17, 15) is 31.5 Å². The molecular weight excluding hydrogens is 305 g/mol. The van der Waals surface area contributed by atoms with Crippen LogP contribution in [0.4, 0.5) is 22.0 Å². The zero-order valence-corrected chi connectivity index (χ0v) is 11.1. The number of nitrogens with one attached hydrogen (secondary N) is 1. The second kappa shape index (κ2) is 7.91. The summed E-state index contributed by atoms with van der Waals surface area (Å²) in [5.41, 5.74) is 0.0722. The number of ether oxygens (including phenoxy) is 2. The van der Waals surface area contributed by atoms with E-state index in [4.69, 9.17) is 0 Å². The summed E-state index contributed by atoms with van der Waals surface area (Å²) >= 11 is 0. The maximum absolute atomic E-state index is 13.1. The van der Waals surface area contributed by atoms with Crippen LogP contribution in [0.5, 0.6) is 0 Å². The summed E-state index contributed by atoms with van der Waals surface area (Å²) in [6, 6.07) is 0. The van der Waals surface area contributed by atoms with Crippen LogP contribution in [0.3, 0.4) is 0 Å². The molecule has 0 rings (SSSR count). The molecule has 0 aromatic heterocycles. The summed E-state index contributed by atoms with van der Waals surface area (Å²) in [5.74, 6) is -6.92. The van der Waals surface area contributed by atoms with Crippen LogP contribution in [0.1, 0.15) is 6.92 Å². The van der Waals surface area contributed by atoms with Gasteiger partial charge in [0.15, 0.2) is 0 Å². The third kappa shape index (κ3) is 8.95. The first-order chi connectivity index (χ1) is 9.46. The highest BCUT2D eigenvalue weighted by molar-refractivity contribution is 5.86. The molecule has 21 heavy (non-hydrogen) atoms. The van der Waals surface area contributed by atoms with Gasteiger partial charge in [0, 0.05) is 5.57 Å². The lowest BCUT2D eigenvalue weighted by Gasteiger charge is -2.16. The van der Waals surface area contributed by atoms with Crippen molar-refractivity contribution in [2.24, 2.45) is 0 Å². The predicted molar refractivity (Wildman–Crippen MR) is 60.6 cm³/mol. The van der Waals surface area contributed by atoms with Crippen molar-refractivity contribution < 1.29 is 41.0 Å². The van der Waals surface area contributed by atoms with Gasteiger partial charge in [-0.1, -0.05) is 6.58 Å². The normalized spacial score (nSPS) is 11.9. The van der Waals surface area contributed by atoms with E-state index >= 15 is 0 Å². The van der Waals surface area contributed by atoms with E-state index < -0.39 is 50.3 Å². The molecular formula is C11H14F5NO4. The van der Waals surface area contributed by atoms with Gasteiger partial charge in [0.2, 0.25) is 0 Å². The molecule has 0 aliphatic carbocycles. The van der Waals surface area contributed by atoms with Crippen molar-refractivity contribution in [3.8, 4) is 0 Å². The second-order valence-electron chi connectivity index (χ2n) is 3.98. The van der Waals surface area contributed by atoms with Crippen LogP contribution in [-0.2, 0) is 19.1 Å². The lowest BCUT2D eigenvalue weighted by molar-refractivity contribution is -0.175. The van der Waals surface area contributed by atoms with Gasteiger partial charge in [0.05, 0.1) is 13.1 Å². The van der Waals surface area contributed by atoms with Gasteiger partial charge in [-0.2, -0.15) is 22.0 Å². The van der Waals surface area contributed by atoms with E-state index in [1.807, 2.05) is 0 Å². The molecule has 5 nitrogen and oxygen atoms in total. The van der Waals surface area contributed by atoms with Crippen molar-refractivity contribution in [2.75, 3.05) is 26.3 Å². The summed E-state index contributed by atoms with van der Waals surface area (Å²) in [4.78, 5) is 21.8. The highest BCUT2D eigenvalue weighted by Gasteiger charge is 2.41. The number of carbonyl (C=O) groups excluding carboxylic acids is 2. The molecule has 0 spiro atoms. The molecule has 0 aliphatic rings. The van der Waals surface area contributed by atoms with Crippen LogP contribution >= 0.6 is 0 Å². The molecule has 0 saturated carbocycles. The summed E-state index contributed by atoms with van der Waals surface area (Å²) < 4.78 is 70.0. The number of hydrogen-bond acceptors (Lipinski definition) is 5. The van der Waals surface area contributed by atoms with Gasteiger partial charge in [-0.3, -0.25) is 0 Å². The number of alkyl halides is 5. The van der Waals surface area contributed by atoms with Gasteiger partial charge in [-0.15, -0.1) is 0 Å². The molecule has 0 atom stereocenters. The largest absolute Gasteiger partial charge is 0.459 e. The monoisotopic (exact) mass is 319 g/mol. The molecule has 0 radical (unpaired) electrons. The zero-order valence-electron chi connectivity index (χ0n) is 11.1. The lowest BCUT2D eigenvalue weighted by Crippen LogP contribution is -2.44. The van der Waals surface area contributed by atoms with E-state index in [0.29, 0.717) is 0 Å². The minimum atomic E-state index is -4.67. The summed E-state index contributed by atoms with van der Waals surface area (Å²) in [5, 5.41) is 1.40. The van der Waals surface area contributed by atoms with Crippen LogP contribution in [0.15, 0.2) is 12.2 Å². The number of esters is 2. The molecule has 0 amide bonds. The van der Waals surface area contributed by atoms with Crippen LogP contribution in [0, 0.1) is 0 Å². The maximum Gasteiger partial charge on any atom is 0.401 e. The predicted octanol–water partition coefficient (Wildman–Crippen LogP) is 1.44. The van der Waals surface area contributed by atoms with Crippen LogP contribution in [-0.4, -0.2) is 50.3 Å². The summed E-state index contributed by atoms with van der Waals surface area (Å²) in [7, 11) is 0. The third-order valence-corrected chi connectivity index (χ3v) is 1.87. The van der Waals surface area contributed by atoms with Gasteiger partial charge < -0.3 is 14.8 Å². The van der Waals surface area contributed by atoms with Gasteiger partial charge in [-0.05, 0) is 6.92 Å². The molecule has 0 aliphatic heterocycles. The Bertz CT molecular complexity index is 395. The maximum atomic E-state index is 13.1. The zero-order chi connectivity index (χ0) is 16.7. The van der Waals surface area contributed by atoms with Crippen LogP contribution in [0.25, 0.3) is 0 Å². The Hall–Kier alpha value is -1.71. The fourth-order valence-corrected chi connectivity index (χ4v) is 0.931. The quantitative estimate of drug-likeness (QED) is 0.317. The van der Waals surface area contributed by atoms with Crippen LogP contribution in [0.2, 0.25) is 0 Å². The highest BCUT2D eigenvalue weighted by Crippen LogP contribution is 2.16. The van der Waals surface area contributed by atoms with Crippen molar-refractivity contribution in [3.05, 3.63) is 12.2 Å². The van der Waals surface area contributed by atoms with E-state index in [1.54, 1.807) is 0 Å². The van der Waals surface area contributed by atoms with Crippen molar-refractivity contribution in [1.82, 2.24) is 5.32 Å². The number of carbonyl (C=O) groups is 2. The number of halogens is 5. The molecule has 1 N–H and O–H groups in total. The van der Waals surface area contributed by atoms with Gasteiger partial charge in [0.25, 0.3) is 0 Å². The first-order valence-electron chi connectivity index (χ1n) is 5.61. The Kier molecular flexibility index (Phi) is 7.27. The van der Waals surface area contributed by atoms with Crippen molar-refractivity contribution in [1.29, 1.82) is 0 Å². The summed E-state index contributed by atoms with van der Waals surface area (Å²) in [6.07, 6.45) is -4.67. The Balaban J connectivity index is 4.02. The molecule has 0 bridgehead atoms. The minimum absolute atomic E-state index is 0.0722. The average molecular weight is 319 g/mol. The van der Waals surface area contributed by atoms with Gasteiger partial charge >= 0.3 is 24.0 Å². The number of hydrogen-bond donors (Lipinski definition) is 1. The molecule has 10 heteroatoms. The van der Waals surface area contributed by atoms with Crippen LogP contribution < -0.4 is 5.32 Å². The topological polar surface area (TPSA) is 64.6 Å². The van der Waals surface area contributed by atoms with Gasteiger partial charge in [0.1, 0.15) is 13.2 Å². The Morgan fingerprint density at radius 1 is 1.05 bits per heavy atom. The van der Waals surface area contributed by atoms with Gasteiger partial charge in [-0.25, -0.2) is 9.59 Å². The minimum Gasteiger partial charge on any atom is -0.459 e. The first-order valence-corrected chi connectivity index (χ1v) is 5.61. The van der Waals surface area contributed by atoms with Crippen molar-refractivity contribution in [3.63, 3.8) is 0 Å². The molecule has 0 aromatic carbocycles. The van der Waals surface area contributed by atoms with E-state index in [-0.39, 0.29) is 5.57 Å². The molecule has 0 aromatic rings. The summed E-state index contributed by atoms with van der Waals surface area (Å²) in [6.45, 7) is 0.323. The fraction of sp³-hybridized carbons (Fsp3) is 0.636. The Labute approximate surface area is 117 Å². The highest BCUT2D eigenvalue weighted by atomic mass is 19.4. The third-order valence-electron chi connectivity index (χ3n) is 1.87. The smallest absolute Gasteiger partial charge is 0.401 e. The van der Waals surface area contributed by atoms with E-state index in [1.165, 1.54) is 12.2 Å². The number of rotatable bonds is 8. The molecule has 0 unspecified atom stereocenters. The molecule has 122 valence electrons. The second-order valence-corrected chi connectivity index (χ2v) is 3.98. The lowest BCUT2D eigenvalue weighted by atomic mass is 10.3. The van der Waals surface area contributed by atoms with Crippen molar-refractivity contribution in [2.45, 2.75) is 19.0 Å². The SMILES string of the molecule is C=C(C)C(=O)OCCOC(=O)C(F)(F)CNCC(F)(F)F. The molecule has 0 saturated heterocycles. The average Bonchev–Trinajstić information content (AvgIpc) is 2.31. The standard InChI is InChI=1S/C11H14F5NO4/c1-7(2)8(18)20-3-4-21-9(19)10(12,13)5-17-6-11(14,15)16/h17H,1,3-6H2,2H3. The van der Waals surface area contributed by atoms with E-state index in [2.05, 4.69) is 16.1 Å². The Morgan fingerprint density at radius 2 is 1.57 bits per heavy atom. The van der Waals surface area contributed by atoms with E-state index in [0.717, 1.165) is 0 Å². The molecule has 0 heterocycles. The Morgan fingerprint density at radius 3 is 2.05 bits per heavy atom. The molecule has 0 fully saturated rings. The first kappa shape index (κ1) is 19.3.